The van der Waals surface area contributed by atoms with Gasteiger partial charge in [0.05, 0.1) is 6.10 Å². The van der Waals surface area contributed by atoms with Crippen LogP contribution in [-0.2, 0) is 0 Å². The molecule has 0 aliphatic carbocycles. The van der Waals surface area contributed by atoms with Crippen molar-refractivity contribution in [2.75, 3.05) is 0 Å². The Kier molecular flexibility index (Phi) is 5.91. The van der Waals surface area contributed by atoms with Crippen LogP contribution in [0.2, 0.25) is 0 Å². The van der Waals surface area contributed by atoms with Crippen LogP contribution < -0.4 is 0 Å². The molecule has 2 N–H and O–H groups in total. The number of rotatable bonds is 7. The van der Waals surface area contributed by atoms with Gasteiger partial charge in [0.15, 0.2) is 4.77 Å². The van der Waals surface area contributed by atoms with Gasteiger partial charge < -0.3 is 5.11 Å². The number of nitrogens with one attached hydrogen (secondary N) is 1. The smallest absolute Gasteiger partial charge is 0.199 e. The van der Waals surface area contributed by atoms with Gasteiger partial charge in [-0.2, -0.15) is 5.10 Å². The van der Waals surface area contributed by atoms with E-state index < -0.39 is 0 Å². The number of H-pyrrole nitrogens is 1. The van der Waals surface area contributed by atoms with Crippen LogP contribution in [0.3, 0.4) is 0 Å². The van der Waals surface area contributed by atoms with Gasteiger partial charge in [-0.3, -0.25) is 9.67 Å². The Labute approximate surface area is 137 Å². The molecule has 0 saturated heterocycles. The minimum absolute atomic E-state index is 0.190. The van der Waals surface area contributed by atoms with Gasteiger partial charge in [0.2, 0.25) is 0 Å². The third-order valence-corrected chi connectivity index (χ3v) is 4.07. The molecular formula is C17H25N3OS. The molecule has 0 aliphatic rings. The molecule has 2 rings (SSSR count). The largest absolute Gasteiger partial charge is 0.393 e. The average molecular weight is 319 g/mol. The van der Waals surface area contributed by atoms with Crippen molar-refractivity contribution in [2.24, 2.45) is 5.92 Å². The van der Waals surface area contributed by atoms with Gasteiger partial charge in [0.1, 0.15) is 5.82 Å². The standard InChI is InChI=1S/C17H25N3OS/c1-12(2)9-10-14(11-13(3)21)16-18-19-17(22)20(16)15-7-5-4-6-8-15/h4-8,12-14,21H,9-11H2,1-3H3,(H,19,22)/t13-,14+/m1/s1. The molecule has 0 fully saturated rings. The minimum Gasteiger partial charge on any atom is -0.393 e. The summed E-state index contributed by atoms with van der Waals surface area (Å²) in [6, 6.07) is 10.0. The molecule has 2 aromatic rings. The van der Waals surface area contributed by atoms with Crippen molar-refractivity contribution in [1.82, 2.24) is 14.8 Å². The van der Waals surface area contributed by atoms with Crippen LogP contribution in [0.5, 0.6) is 0 Å². The quantitative estimate of drug-likeness (QED) is 0.751. The predicted molar refractivity (Wildman–Crippen MR) is 91.9 cm³/mol. The van der Waals surface area contributed by atoms with E-state index in [1.54, 1.807) is 0 Å². The molecule has 0 amide bonds. The summed E-state index contributed by atoms with van der Waals surface area (Å²) >= 11 is 5.41. The van der Waals surface area contributed by atoms with Gasteiger partial charge in [-0.25, -0.2) is 0 Å². The summed E-state index contributed by atoms with van der Waals surface area (Å²) < 4.78 is 2.59. The second-order valence-corrected chi connectivity index (χ2v) is 6.70. The summed E-state index contributed by atoms with van der Waals surface area (Å²) in [7, 11) is 0. The Morgan fingerprint density at radius 3 is 2.45 bits per heavy atom. The fraction of sp³-hybridized carbons (Fsp3) is 0.529. The molecule has 0 spiro atoms. The van der Waals surface area contributed by atoms with Crippen LogP contribution in [0.25, 0.3) is 5.69 Å². The molecule has 22 heavy (non-hydrogen) atoms. The molecule has 2 atom stereocenters. The summed E-state index contributed by atoms with van der Waals surface area (Å²) in [4.78, 5) is 0. The van der Waals surface area contributed by atoms with Crippen LogP contribution in [0.1, 0.15) is 51.8 Å². The first-order valence-corrected chi connectivity index (χ1v) is 8.30. The lowest BCUT2D eigenvalue weighted by molar-refractivity contribution is 0.169. The molecule has 1 heterocycles. The zero-order valence-electron chi connectivity index (χ0n) is 13.5. The van der Waals surface area contributed by atoms with Crippen molar-refractivity contribution in [3.63, 3.8) is 0 Å². The van der Waals surface area contributed by atoms with Crippen LogP contribution in [0.15, 0.2) is 30.3 Å². The first-order chi connectivity index (χ1) is 10.5. The summed E-state index contributed by atoms with van der Waals surface area (Å²) in [5.41, 5.74) is 1.01. The number of nitrogens with zero attached hydrogens (tertiary/aromatic N) is 2. The van der Waals surface area contributed by atoms with E-state index in [4.69, 9.17) is 12.2 Å². The van der Waals surface area contributed by atoms with Crippen LogP contribution in [-0.4, -0.2) is 26.0 Å². The SMILES string of the molecule is CC(C)CC[C@@H](C[C@@H](C)O)c1n[nH]c(=S)n1-c1ccccc1. The normalized spacial score (nSPS) is 14.2. The van der Waals surface area contributed by atoms with Crippen LogP contribution in [0, 0.1) is 10.7 Å². The summed E-state index contributed by atoms with van der Waals surface area (Å²) in [6.45, 7) is 6.26. The van der Waals surface area contributed by atoms with Gasteiger partial charge in [-0.15, -0.1) is 0 Å². The zero-order valence-corrected chi connectivity index (χ0v) is 14.3. The lowest BCUT2D eigenvalue weighted by Gasteiger charge is -2.20. The number of aromatic amines is 1. The molecule has 0 bridgehead atoms. The number of hydrogen-bond donors (Lipinski definition) is 2. The Morgan fingerprint density at radius 2 is 1.86 bits per heavy atom. The number of para-hydroxylation sites is 1. The molecule has 5 heteroatoms. The Balaban J connectivity index is 2.37. The highest BCUT2D eigenvalue weighted by molar-refractivity contribution is 7.71. The highest BCUT2D eigenvalue weighted by atomic mass is 32.1. The maximum atomic E-state index is 9.84. The highest BCUT2D eigenvalue weighted by Gasteiger charge is 2.21. The first-order valence-electron chi connectivity index (χ1n) is 7.89. The van der Waals surface area contributed by atoms with Gasteiger partial charge >= 0.3 is 0 Å². The molecule has 120 valence electrons. The van der Waals surface area contributed by atoms with Gasteiger partial charge in [0, 0.05) is 11.6 Å². The second-order valence-electron chi connectivity index (χ2n) is 6.31. The van der Waals surface area contributed by atoms with E-state index in [1.807, 2.05) is 41.8 Å². The van der Waals surface area contributed by atoms with Crippen LogP contribution in [0.4, 0.5) is 0 Å². The van der Waals surface area contributed by atoms with E-state index in [0.717, 1.165) is 24.4 Å². The van der Waals surface area contributed by atoms with E-state index in [1.165, 1.54) is 0 Å². The van der Waals surface area contributed by atoms with Crippen molar-refractivity contribution in [1.29, 1.82) is 0 Å². The lowest BCUT2D eigenvalue weighted by Crippen LogP contribution is -2.14. The van der Waals surface area contributed by atoms with Gasteiger partial charge in [-0.05, 0) is 50.0 Å². The molecular weight excluding hydrogens is 294 g/mol. The predicted octanol–water partition coefficient (Wildman–Crippen LogP) is 4.22. The molecule has 4 nitrogen and oxygen atoms in total. The summed E-state index contributed by atoms with van der Waals surface area (Å²) in [5, 5.41) is 17.2. The summed E-state index contributed by atoms with van der Waals surface area (Å²) in [5.74, 6) is 1.73. The lowest BCUT2D eigenvalue weighted by atomic mass is 9.92. The topological polar surface area (TPSA) is 53.8 Å². The van der Waals surface area contributed by atoms with Crippen molar-refractivity contribution < 1.29 is 5.11 Å². The first kappa shape index (κ1) is 16.9. The Morgan fingerprint density at radius 1 is 1.18 bits per heavy atom. The van der Waals surface area contributed by atoms with E-state index in [-0.39, 0.29) is 12.0 Å². The Bertz CT molecular complexity index is 631. The minimum atomic E-state index is -0.355. The van der Waals surface area contributed by atoms with Gasteiger partial charge in [-0.1, -0.05) is 38.5 Å². The van der Waals surface area contributed by atoms with Crippen molar-refractivity contribution in [3.8, 4) is 5.69 Å². The molecule has 0 saturated carbocycles. The van der Waals surface area contributed by atoms with E-state index in [0.29, 0.717) is 17.1 Å². The fourth-order valence-corrected chi connectivity index (χ4v) is 2.95. The molecule has 1 aromatic carbocycles. The summed E-state index contributed by atoms with van der Waals surface area (Å²) in [6.07, 6.45) is 2.44. The number of aliphatic hydroxyl groups is 1. The monoisotopic (exact) mass is 319 g/mol. The maximum Gasteiger partial charge on any atom is 0.199 e. The number of aliphatic hydroxyl groups excluding tert-OH is 1. The van der Waals surface area contributed by atoms with E-state index >= 15 is 0 Å². The average Bonchev–Trinajstić information content (AvgIpc) is 2.85. The highest BCUT2D eigenvalue weighted by Crippen LogP contribution is 2.28. The molecule has 1 aromatic heterocycles. The number of aromatic nitrogens is 3. The molecule has 0 aliphatic heterocycles. The van der Waals surface area contributed by atoms with E-state index in [9.17, 15) is 5.11 Å². The van der Waals surface area contributed by atoms with Crippen LogP contribution >= 0.6 is 12.2 Å². The van der Waals surface area contributed by atoms with Crippen molar-refractivity contribution >= 4 is 12.2 Å². The molecule has 0 unspecified atom stereocenters. The maximum absolute atomic E-state index is 9.84. The second kappa shape index (κ2) is 7.70. The van der Waals surface area contributed by atoms with Gasteiger partial charge in [0.25, 0.3) is 0 Å². The molecule has 0 radical (unpaired) electrons. The van der Waals surface area contributed by atoms with Crippen molar-refractivity contribution in [3.05, 3.63) is 40.9 Å². The van der Waals surface area contributed by atoms with Crippen molar-refractivity contribution in [2.45, 2.75) is 52.1 Å². The Hall–Kier alpha value is -1.46. The number of hydrogen-bond acceptors (Lipinski definition) is 3. The fourth-order valence-electron chi connectivity index (χ4n) is 2.71. The third kappa shape index (κ3) is 4.27. The zero-order chi connectivity index (χ0) is 16.1. The third-order valence-electron chi connectivity index (χ3n) is 3.80. The van der Waals surface area contributed by atoms with E-state index in [2.05, 4.69) is 24.0 Å². The number of benzene rings is 1.